The predicted molar refractivity (Wildman–Crippen MR) is 148 cm³/mol. The number of anilines is 2. The van der Waals surface area contributed by atoms with E-state index in [1.165, 1.54) is 28.6 Å². The summed E-state index contributed by atoms with van der Waals surface area (Å²) in [5.74, 6) is -1.33. The average molecular weight is 638 g/mol. The predicted octanol–water partition coefficient (Wildman–Crippen LogP) is -0.529. The Hall–Kier alpha value is -4.00. The summed E-state index contributed by atoms with van der Waals surface area (Å²) in [5.41, 5.74) is 6.18. The number of thiophene rings is 1. The fourth-order valence-corrected chi connectivity index (χ4v) is 5.72. The number of nitrogen functional groups attached to an aromatic ring is 1. The molecule has 4 heterocycles. The van der Waals surface area contributed by atoms with Crippen molar-refractivity contribution in [3.63, 3.8) is 0 Å². The second-order valence-electron chi connectivity index (χ2n) is 9.42. The molecule has 1 fully saturated rings. The van der Waals surface area contributed by atoms with Crippen molar-refractivity contribution in [1.82, 2.24) is 14.5 Å². The number of nitrogens with one attached hydrogen (secondary N) is 2. The molecule has 4 aromatic rings. The monoisotopic (exact) mass is 637 g/mol. The number of fused-ring (bicyclic) bond motifs is 1. The number of nitrogens with zero attached hydrogens (tertiary/aromatic N) is 3. The van der Waals surface area contributed by atoms with E-state index >= 15 is 0 Å². The van der Waals surface area contributed by atoms with Crippen molar-refractivity contribution in [2.45, 2.75) is 31.1 Å². The number of hydrogen-bond acceptors (Lipinski definition) is 12. The van der Waals surface area contributed by atoms with Crippen LogP contribution in [0.1, 0.15) is 32.5 Å². The van der Waals surface area contributed by atoms with E-state index in [0.717, 1.165) is 11.3 Å². The van der Waals surface area contributed by atoms with Crippen LogP contribution in [0.15, 0.2) is 46.8 Å². The van der Waals surface area contributed by atoms with Gasteiger partial charge in [0.15, 0.2) is 6.33 Å². The lowest BCUT2D eigenvalue weighted by Crippen LogP contribution is -2.46. The molecule has 0 unspecified atom stereocenters. The van der Waals surface area contributed by atoms with Crippen LogP contribution in [0.2, 0.25) is 0 Å². The number of phosphoric ester groups is 1. The molecule has 4 atom stereocenters. The number of rotatable bonds is 9. The molecule has 1 aromatic carbocycles. The number of hydrogen-bond donors (Lipinski definition) is 7. The summed E-state index contributed by atoms with van der Waals surface area (Å²) in [6, 6.07) is 8.01. The standard InChI is InChI=1S/C24H25N6O11PS/c1-39-23(35)13-5-6-43-21(13)27-19(33)12-4-2-3-11(7-12)8-29-10-30(18-15(29)20(34)28-24(25)26-18)22-17(32)16(31)14(41-22)9-40-42(36,37)38/h2-7,10,14,16-17,22,31-32H,8-9H2,1H3,(H5-,25,26,27,28,33,34,35,36,37,38)/p+1/t14-,16-,17-,22-/m0/s1. The fraction of sp³-hybridized carbons (Fsp3) is 0.292. The van der Waals surface area contributed by atoms with Crippen LogP contribution in [0.25, 0.3) is 11.2 Å². The first kappa shape index (κ1) is 30.5. The number of phosphoric acid groups is 1. The molecule has 1 saturated heterocycles. The summed E-state index contributed by atoms with van der Waals surface area (Å²) >= 11 is 1.15. The third kappa shape index (κ3) is 6.36. The molecule has 3 aromatic heterocycles. The zero-order valence-corrected chi connectivity index (χ0v) is 23.9. The number of carbonyl (C=O) groups is 2. The van der Waals surface area contributed by atoms with Crippen LogP contribution < -0.4 is 21.2 Å². The highest BCUT2D eigenvalue weighted by Gasteiger charge is 2.47. The number of methoxy groups -OCH3 is 1. The molecular weight excluding hydrogens is 611 g/mol. The number of aliphatic hydroxyl groups is 2. The molecule has 0 saturated carbocycles. The van der Waals surface area contributed by atoms with Gasteiger partial charge in [0.05, 0.1) is 25.8 Å². The second-order valence-corrected chi connectivity index (χ2v) is 11.6. The van der Waals surface area contributed by atoms with E-state index < -0.39 is 56.4 Å². The number of esters is 1. The average Bonchev–Trinajstić information content (AvgIpc) is 3.63. The molecular formula is C24H26N6O11PS+. The number of imidazole rings is 1. The van der Waals surface area contributed by atoms with Crippen molar-refractivity contribution < 1.29 is 52.7 Å². The Bertz CT molecular complexity index is 1800. The van der Waals surface area contributed by atoms with Crippen LogP contribution in [0, 0.1) is 0 Å². The smallest absolute Gasteiger partial charge is 0.465 e. The molecule has 43 heavy (non-hydrogen) atoms. The number of ether oxygens (including phenoxy) is 2. The van der Waals surface area contributed by atoms with Crippen LogP contribution in [-0.4, -0.2) is 78.4 Å². The van der Waals surface area contributed by atoms with Crippen LogP contribution in [0.3, 0.4) is 0 Å². The molecule has 0 aliphatic carbocycles. The number of nitrogens with two attached hydrogens (primary N) is 1. The van der Waals surface area contributed by atoms with E-state index in [2.05, 4.69) is 19.8 Å². The molecule has 5 rings (SSSR count). The zero-order chi connectivity index (χ0) is 31.1. The number of aromatic nitrogens is 4. The van der Waals surface area contributed by atoms with Gasteiger partial charge in [-0.25, -0.2) is 13.9 Å². The number of benzene rings is 1. The molecule has 1 aliphatic rings. The summed E-state index contributed by atoms with van der Waals surface area (Å²) in [7, 11) is -3.65. The minimum atomic E-state index is -4.89. The first-order valence-corrected chi connectivity index (χ1v) is 14.8. The van der Waals surface area contributed by atoms with Gasteiger partial charge in [0, 0.05) is 5.56 Å². The Morgan fingerprint density at radius 3 is 2.77 bits per heavy atom. The first-order valence-electron chi connectivity index (χ1n) is 12.4. The lowest BCUT2D eigenvalue weighted by atomic mass is 10.1. The lowest BCUT2D eigenvalue weighted by molar-refractivity contribution is -0.745. The lowest BCUT2D eigenvalue weighted by Gasteiger charge is -2.14. The van der Waals surface area contributed by atoms with Gasteiger partial charge in [-0.2, -0.15) is 0 Å². The highest BCUT2D eigenvalue weighted by atomic mass is 32.1. The topological polar surface area (TPSA) is 252 Å². The van der Waals surface area contributed by atoms with Gasteiger partial charge >= 0.3 is 19.4 Å². The molecule has 228 valence electrons. The molecule has 1 aliphatic heterocycles. The van der Waals surface area contributed by atoms with E-state index in [-0.39, 0.29) is 34.8 Å². The number of carbonyl (C=O) groups excluding carboxylic acids is 2. The Morgan fingerprint density at radius 1 is 1.28 bits per heavy atom. The summed E-state index contributed by atoms with van der Waals surface area (Å²) in [4.78, 5) is 62.5. The van der Waals surface area contributed by atoms with Crippen LogP contribution in [0.5, 0.6) is 0 Å². The molecule has 19 heteroatoms. The van der Waals surface area contributed by atoms with Gasteiger partial charge in [-0.3, -0.25) is 23.7 Å². The molecule has 0 spiro atoms. The maximum Gasteiger partial charge on any atom is 0.469 e. The Kier molecular flexibility index (Phi) is 8.46. The van der Waals surface area contributed by atoms with Crippen molar-refractivity contribution in [3.8, 4) is 0 Å². The Labute approximate surface area is 245 Å². The fourth-order valence-electron chi connectivity index (χ4n) is 4.61. The number of aromatic amines is 1. The van der Waals surface area contributed by atoms with Gasteiger partial charge in [-0.15, -0.1) is 11.3 Å². The highest BCUT2D eigenvalue weighted by Crippen LogP contribution is 2.38. The summed E-state index contributed by atoms with van der Waals surface area (Å²) in [5, 5.41) is 25.8. The summed E-state index contributed by atoms with van der Waals surface area (Å²) in [6.45, 7) is -0.697. The zero-order valence-electron chi connectivity index (χ0n) is 22.2. The largest absolute Gasteiger partial charge is 0.469 e. The van der Waals surface area contributed by atoms with Crippen molar-refractivity contribution in [2.75, 3.05) is 24.8 Å². The van der Waals surface area contributed by atoms with E-state index in [9.17, 15) is 29.2 Å². The molecule has 1 amide bonds. The molecule has 8 N–H and O–H groups in total. The van der Waals surface area contributed by atoms with Gasteiger partial charge in [-0.05, 0) is 29.1 Å². The maximum absolute atomic E-state index is 13.0. The highest BCUT2D eigenvalue weighted by molar-refractivity contribution is 7.46. The van der Waals surface area contributed by atoms with Crippen molar-refractivity contribution >= 4 is 53.1 Å². The van der Waals surface area contributed by atoms with Gasteiger partial charge in [0.1, 0.15) is 23.3 Å². The van der Waals surface area contributed by atoms with Gasteiger partial charge in [0.2, 0.25) is 11.7 Å². The minimum Gasteiger partial charge on any atom is -0.465 e. The van der Waals surface area contributed by atoms with Crippen molar-refractivity contribution in [3.05, 3.63) is 69.1 Å². The van der Waals surface area contributed by atoms with Crippen molar-refractivity contribution in [1.29, 1.82) is 0 Å². The number of aliphatic hydroxyl groups excluding tert-OH is 2. The maximum atomic E-state index is 13.0. The third-order valence-corrected chi connectivity index (χ3v) is 7.86. The van der Waals surface area contributed by atoms with E-state index in [1.54, 1.807) is 29.6 Å². The SMILES string of the molecule is COC(=O)c1ccsc1NC(=O)c1cccc(Cn2c[n+]([C@H]3O[C@@H](COP(=O)(O)O)[C@H](O)[C@@H]3O)c3nc(N)[nH]c(=O)c32)c1. The van der Waals surface area contributed by atoms with Crippen LogP contribution in [0.4, 0.5) is 10.9 Å². The van der Waals surface area contributed by atoms with Crippen LogP contribution in [-0.2, 0) is 25.1 Å². The first-order chi connectivity index (χ1) is 20.4. The van der Waals surface area contributed by atoms with E-state index in [1.807, 2.05) is 0 Å². The summed E-state index contributed by atoms with van der Waals surface area (Å²) < 4.78 is 28.7. The number of H-pyrrole nitrogens is 1. The minimum absolute atomic E-state index is 0.0176. The summed E-state index contributed by atoms with van der Waals surface area (Å²) in [6.07, 6.45) is -4.48. The van der Waals surface area contributed by atoms with Gasteiger partial charge in [-0.1, -0.05) is 17.1 Å². The van der Waals surface area contributed by atoms with E-state index in [0.29, 0.717) is 10.6 Å². The van der Waals surface area contributed by atoms with Crippen molar-refractivity contribution in [2.24, 2.45) is 0 Å². The second kappa shape index (κ2) is 11.9. The third-order valence-electron chi connectivity index (χ3n) is 6.55. The normalized spacial score (nSPS) is 20.4. The Morgan fingerprint density at radius 2 is 2.05 bits per heavy atom. The molecule has 17 nitrogen and oxygen atoms in total. The molecule has 0 bridgehead atoms. The van der Waals surface area contributed by atoms with E-state index in [4.69, 9.17) is 25.0 Å². The Balaban J connectivity index is 1.44. The van der Waals surface area contributed by atoms with Gasteiger partial charge < -0.3 is 40.5 Å². The van der Waals surface area contributed by atoms with Gasteiger partial charge in [0.25, 0.3) is 17.4 Å². The quantitative estimate of drug-likeness (QED) is 0.0693. The number of amides is 1. The molecule has 0 radical (unpaired) electrons. The van der Waals surface area contributed by atoms with Crippen LogP contribution >= 0.6 is 19.2 Å².